The van der Waals surface area contributed by atoms with Gasteiger partial charge in [-0.2, -0.15) is 15.5 Å². The lowest BCUT2D eigenvalue weighted by Gasteiger charge is -2.09. The summed E-state index contributed by atoms with van der Waals surface area (Å²) >= 11 is 0. The van der Waals surface area contributed by atoms with Crippen molar-refractivity contribution in [1.82, 2.24) is 34.7 Å². The zero-order chi connectivity index (χ0) is 21.1. The van der Waals surface area contributed by atoms with Gasteiger partial charge in [0.2, 0.25) is 5.91 Å². The van der Waals surface area contributed by atoms with Crippen LogP contribution in [0.5, 0.6) is 6.01 Å². The molecule has 3 aromatic heterocycles. The van der Waals surface area contributed by atoms with E-state index in [-0.39, 0.29) is 23.0 Å². The molecule has 154 valence electrons. The van der Waals surface area contributed by atoms with E-state index in [1.165, 1.54) is 0 Å². The van der Waals surface area contributed by atoms with Gasteiger partial charge in [-0.3, -0.25) is 4.79 Å². The number of carbonyl (C=O) groups excluding carboxylic acids is 1. The predicted octanol–water partition coefficient (Wildman–Crippen LogP) is 1.79. The quantitative estimate of drug-likeness (QED) is 0.450. The molecule has 1 unspecified atom stereocenters. The molecule has 0 spiro atoms. The Morgan fingerprint density at radius 1 is 1.20 bits per heavy atom. The van der Waals surface area contributed by atoms with Gasteiger partial charge in [-0.15, -0.1) is 0 Å². The topological polar surface area (TPSA) is 113 Å². The normalized spacial score (nSPS) is 12.1. The molecule has 10 nitrogen and oxygen atoms in total. The molecule has 0 aliphatic rings. The fourth-order valence-electron chi connectivity index (χ4n) is 2.88. The minimum Gasteiger partial charge on any atom is -0.458 e. The Morgan fingerprint density at radius 3 is 2.80 bits per heavy atom. The molecule has 3 heterocycles. The SMILES string of the molecule is C=S(C)CC(=O)Nc1cccc(COc2nc3ccccc3n2-c2nnnn2C)n1. The number of carbonyl (C=O) groups is 1. The Labute approximate surface area is 174 Å². The highest BCUT2D eigenvalue weighted by atomic mass is 32.2. The third-order valence-electron chi connectivity index (χ3n) is 4.13. The average Bonchev–Trinajstić information content (AvgIpc) is 3.28. The van der Waals surface area contributed by atoms with Crippen LogP contribution in [0.4, 0.5) is 5.82 Å². The lowest BCUT2D eigenvalue weighted by Crippen LogP contribution is -2.16. The molecule has 11 heteroatoms. The zero-order valence-electron chi connectivity index (χ0n) is 16.5. The van der Waals surface area contributed by atoms with Crippen LogP contribution in [0.15, 0.2) is 42.5 Å². The van der Waals surface area contributed by atoms with Gasteiger partial charge < -0.3 is 10.1 Å². The van der Waals surface area contributed by atoms with Crippen LogP contribution in [0, 0.1) is 0 Å². The molecule has 1 atom stereocenters. The molecule has 4 rings (SSSR count). The van der Waals surface area contributed by atoms with Crippen molar-refractivity contribution in [2.24, 2.45) is 7.05 Å². The summed E-state index contributed by atoms with van der Waals surface area (Å²) in [6.07, 6.45) is 1.91. The van der Waals surface area contributed by atoms with Gasteiger partial charge in [0.15, 0.2) is 0 Å². The van der Waals surface area contributed by atoms with Crippen LogP contribution in [0.2, 0.25) is 0 Å². The minimum absolute atomic E-state index is 0.113. The van der Waals surface area contributed by atoms with E-state index in [1.807, 2.05) is 42.7 Å². The number of hydrogen-bond acceptors (Lipinski definition) is 7. The van der Waals surface area contributed by atoms with Gasteiger partial charge in [-0.25, -0.2) is 14.2 Å². The highest BCUT2D eigenvalue weighted by Crippen LogP contribution is 2.25. The fraction of sp³-hybridized carbons (Fsp3) is 0.211. The molecule has 30 heavy (non-hydrogen) atoms. The number of benzene rings is 1. The monoisotopic (exact) mass is 424 g/mol. The second-order valence-electron chi connectivity index (χ2n) is 6.60. The van der Waals surface area contributed by atoms with Crippen molar-refractivity contribution in [1.29, 1.82) is 0 Å². The molecule has 0 bridgehead atoms. The number of nitrogens with one attached hydrogen (secondary N) is 1. The Balaban J connectivity index is 1.57. The summed E-state index contributed by atoms with van der Waals surface area (Å²) in [5.74, 6) is 5.05. The molecule has 0 saturated heterocycles. The molecule has 1 amide bonds. The number of para-hydroxylation sites is 2. The van der Waals surface area contributed by atoms with Gasteiger partial charge in [0.05, 0.1) is 22.5 Å². The summed E-state index contributed by atoms with van der Waals surface area (Å²) < 4.78 is 9.26. The zero-order valence-corrected chi connectivity index (χ0v) is 17.3. The molecule has 4 aromatic rings. The van der Waals surface area contributed by atoms with E-state index in [0.29, 0.717) is 29.2 Å². The summed E-state index contributed by atoms with van der Waals surface area (Å²) in [7, 11) is 1.52. The average molecular weight is 424 g/mol. The van der Waals surface area contributed by atoms with Crippen LogP contribution >= 0.6 is 10.5 Å². The van der Waals surface area contributed by atoms with Crippen molar-refractivity contribution in [3.63, 3.8) is 0 Å². The summed E-state index contributed by atoms with van der Waals surface area (Å²) in [4.78, 5) is 21.0. The van der Waals surface area contributed by atoms with E-state index >= 15 is 0 Å². The van der Waals surface area contributed by atoms with Crippen LogP contribution in [0.25, 0.3) is 17.0 Å². The third-order valence-corrected chi connectivity index (χ3v) is 4.88. The van der Waals surface area contributed by atoms with Crippen LogP contribution < -0.4 is 10.1 Å². The van der Waals surface area contributed by atoms with Crippen molar-refractivity contribution in [2.45, 2.75) is 6.61 Å². The molecule has 0 aliphatic carbocycles. The van der Waals surface area contributed by atoms with E-state index in [2.05, 4.69) is 36.7 Å². The Bertz CT molecular complexity index is 1230. The number of amides is 1. The minimum atomic E-state index is -0.224. The molecule has 1 aromatic carbocycles. The maximum absolute atomic E-state index is 12.0. The van der Waals surface area contributed by atoms with Gasteiger partial charge in [-0.05, 0) is 40.9 Å². The number of nitrogens with zero attached hydrogens (tertiary/aromatic N) is 7. The van der Waals surface area contributed by atoms with Gasteiger partial charge in [0, 0.05) is 7.05 Å². The summed E-state index contributed by atoms with van der Waals surface area (Å²) in [5, 5.41) is 14.5. The Hall–Kier alpha value is -3.60. The second kappa shape index (κ2) is 8.41. The number of imidazole rings is 1. The maximum atomic E-state index is 12.0. The molecular weight excluding hydrogens is 404 g/mol. The van der Waals surface area contributed by atoms with Crippen LogP contribution in [-0.4, -0.2) is 58.5 Å². The molecular formula is C19H20N8O2S. The standard InChI is InChI=1S/C19H20N8O2S/c1-26-18(23-24-25-26)27-15-9-5-4-8-14(15)21-19(27)29-11-13-7-6-10-16(20-13)22-17(28)12-30(2)3/h4-10H,2,11-12H2,1,3H3,(H,20,22,28). The van der Waals surface area contributed by atoms with E-state index in [0.717, 1.165) is 11.0 Å². The van der Waals surface area contributed by atoms with E-state index in [9.17, 15) is 4.79 Å². The number of aromatic nitrogens is 7. The predicted molar refractivity (Wildman–Crippen MR) is 116 cm³/mol. The van der Waals surface area contributed by atoms with Crippen molar-refractivity contribution < 1.29 is 9.53 Å². The molecule has 0 radical (unpaired) electrons. The summed E-state index contributed by atoms with van der Waals surface area (Å²) in [6, 6.07) is 13.3. The van der Waals surface area contributed by atoms with Gasteiger partial charge >= 0.3 is 6.01 Å². The number of anilines is 1. The third kappa shape index (κ3) is 4.20. The fourth-order valence-corrected chi connectivity index (χ4v) is 3.40. The highest BCUT2D eigenvalue weighted by Gasteiger charge is 2.18. The van der Waals surface area contributed by atoms with Gasteiger partial charge in [0.1, 0.15) is 12.4 Å². The van der Waals surface area contributed by atoms with Crippen LogP contribution in [0.3, 0.4) is 0 Å². The van der Waals surface area contributed by atoms with Crippen LogP contribution in [0.1, 0.15) is 5.69 Å². The van der Waals surface area contributed by atoms with Crippen molar-refractivity contribution in [3.05, 3.63) is 48.2 Å². The Morgan fingerprint density at radius 2 is 2.03 bits per heavy atom. The van der Waals surface area contributed by atoms with Gasteiger partial charge in [-0.1, -0.05) is 29.2 Å². The number of ether oxygens (including phenoxy) is 1. The van der Waals surface area contributed by atoms with E-state index < -0.39 is 0 Å². The van der Waals surface area contributed by atoms with Crippen molar-refractivity contribution >= 4 is 39.1 Å². The van der Waals surface area contributed by atoms with Gasteiger partial charge in [0.25, 0.3) is 5.95 Å². The Kier molecular flexibility index (Phi) is 5.53. The first-order valence-corrected chi connectivity index (χ1v) is 11.0. The smallest absolute Gasteiger partial charge is 0.305 e. The highest BCUT2D eigenvalue weighted by molar-refractivity contribution is 8.14. The lowest BCUT2D eigenvalue weighted by atomic mass is 10.3. The van der Waals surface area contributed by atoms with E-state index in [1.54, 1.807) is 22.4 Å². The number of pyridine rings is 1. The summed E-state index contributed by atoms with van der Waals surface area (Å²) in [5.41, 5.74) is 2.22. The summed E-state index contributed by atoms with van der Waals surface area (Å²) in [6.45, 7) is 0.159. The number of hydrogen-bond donors (Lipinski definition) is 1. The first-order chi connectivity index (χ1) is 14.5. The van der Waals surface area contributed by atoms with Crippen molar-refractivity contribution in [2.75, 3.05) is 17.3 Å². The first kappa shape index (κ1) is 19.7. The molecule has 0 saturated carbocycles. The van der Waals surface area contributed by atoms with E-state index in [4.69, 9.17) is 4.74 Å². The largest absolute Gasteiger partial charge is 0.458 e. The number of tetrazole rings is 1. The molecule has 0 fully saturated rings. The number of fused-ring (bicyclic) bond motifs is 1. The maximum Gasteiger partial charge on any atom is 0.305 e. The number of rotatable bonds is 7. The first-order valence-electron chi connectivity index (χ1n) is 9.02. The number of aryl methyl sites for hydroxylation is 1. The van der Waals surface area contributed by atoms with Crippen LogP contribution in [-0.2, 0) is 18.4 Å². The van der Waals surface area contributed by atoms with Crippen molar-refractivity contribution in [3.8, 4) is 12.0 Å². The second-order valence-corrected chi connectivity index (χ2v) is 8.45. The molecule has 1 N–H and O–H groups in total. The molecule has 0 aliphatic heterocycles. The lowest BCUT2D eigenvalue weighted by molar-refractivity contribution is -0.113.